The van der Waals surface area contributed by atoms with Gasteiger partial charge in [-0.2, -0.15) is 0 Å². The first-order valence-electron chi connectivity index (χ1n) is 4.13. The van der Waals surface area contributed by atoms with Crippen LogP contribution in [0.5, 0.6) is 0 Å². The summed E-state index contributed by atoms with van der Waals surface area (Å²) < 4.78 is 5.13. The van der Waals surface area contributed by atoms with Crippen LogP contribution in [-0.2, 0) is 0 Å². The molecule has 0 radical (unpaired) electrons. The molecule has 0 saturated heterocycles. The Morgan fingerprint density at radius 2 is 2.36 bits per heavy atom. The van der Waals surface area contributed by atoms with E-state index in [9.17, 15) is 0 Å². The van der Waals surface area contributed by atoms with Crippen LogP contribution in [0, 0.1) is 0 Å². The second-order valence-corrected chi connectivity index (χ2v) is 2.71. The van der Waals surface area contributed by atoms with E-state index in [1.165, 1.54) is 0 Å². The molecule has 2 N–H and O–H groups in total. The molecule has 0 atom stereocenters. The summed E-state index contributed by atoms with van der Waals surface area (Å²) in [4.78, 5) is 7.99. The second kappa shape index (κ2) is 3.74. The van der Waals surface area contributed by atoms with E-state index in [1.54, 1.807) is 43.1 Å². The van der Waals surface area contributed by atoms with Crippen LogP contribution in [0.1, 0.15) is 11.5 Å². The molecule has 2 aromatic heterocycles. The number of hydrogen-bond donors (Lipinski definition) is 1. The summed E-state index contributed by atoms with van der Waals surface area (Å²) in [5, 5.41) is 0. The summed E-state index contributed by atoms with van der Waals surface area (Å²) in [7, 11) is 0. The Morgan fingerprint density at radius 3 is 3.00 bits per heavy atom. The molecule has 0 aliphatic carbocycles. The third-order valence-corrected chi connectivity index (χ3v) is 1.69. The fourth-order valence-electron chi connectivity index (χ4n) is 1.06. The standard InChI is InChI=1S/C10H9N3O/c11-9(10-2-1-5-14-10)6-8-7-12-3-4-13-8/h1-7H,11H2/b9-6+. The average molecular weight is 187 g/mol. The van der Waals surface area contributed by atoms with Gasteiger partial charge in [-0.05, 0) is 18.2 Å². The minimum absolute atomic E-state index is 0.538. The van der Waals surface area contributed by atoms with Gasteiger partial charge in [0.05, 0.1) is 23.9 Å². The topological polar surface area (TPSA) is 64.9 Å². The lowest BCUT2D eigenvalue weighted by Crippen LogP contribution is -1.94. The molecule has 0 aliphatic rings. The van der Waals surface area contributed by atoms with Gasteiger partial charge in [-0.15, -0.1) is 0 Å². The van der Waals surface area contributed by atoms with Crippen LogP contribution < -0.4 is 5.73 Å². The molecule has 0 amide bonds. The van der Waals surface area contributed by atoms with Crippen molar-refractivity contribution in [2.45, 2.75) is 0 Å². The number of furan rings is 1. The van der Waals surface area contributed by atoms with E-state index >= 15 is 0 Å². The summed E-state index contributed by atoms with van der Waals surface area (Å²) in [6.07, 6.45) is 8.15. The first-order valence-corrected chi connectivity index (χ1v) is 4.13. The summed E-state index contributed by atoms with van der Waals surface area (Å²) in [6.45, 7) is 0. The predicted octanol–water partition coefficient (Wildman–Crippen LogP) is 1.53. The predicted molar refractivity (Wildman–Crippen MR) is 52.8 cm³/mol. The van der Waals surface area contributed by atoms with Crippen LogP contribution in [0.4, 0.5) is 0 Å². The number of aromatic nitrogens is 2. The van der Waals surface area contributed by atoms with Crippen LogP contribution >= 0.6 is 0 Å². The van der Waals surface area contributed by atoms with Crippen molar-refractivity contribution in [1.29, 1.82) is 0 Å². The number of nitrogens with two attached hydrogens (primary N) is 1. The zero-order valence-corrected chi connectivity index (χ0v) is 7.42. The highest BCUT2D eigenvalue weighted by atomic mass is 16.3. The molecule has 4 heteroatoms. The third kappa shape index (κ3) is 1.80. The monoisotopic (exact) mass is 187 g/mol. The largest absolute Gasteiger partial charge is 0.463 e. The van der Waals surface area contributed by atoms with Crippen molar-refractivity contribution in [3.63, 3.8) is 0 Å². The van der Waals surface area contributed by atoms with Gasteiger partial charge in [-0.1, -0.05) is 0 Å². The molecule has 0 spiro atoms. The molecule has 0 saturated carbocycles. The van der Waals surface area contributed by atoms with Crippen molar-refractivity contribution >= 4 is 11.8 Å². The number of hydrogen-bond acceptors (Lipinski definition) is 4. The maximum Gasteiger partial charge on any atom is 0.149 e. The van der Waals surface area contributed by atoms with Gasteiger partial charge in [0.15, 0.2) is 0 Å². The lowest BCUT2D eigenvalue weighted by Gasteiger charge is -1.95. The minimum Gasteiger partial charge on any atom is -0.463 e. The van der Waals surface area contributed by atoms with Gasteiger partial charge in [0, 0.05) is 12.4 Å². The van der Waals surface area contributed by atoms with Crippen molar-refractivity contribution in [3.05, 3.63) is 48.4 Å². The molecule has 70 valence electrons. The number of nitrogens with zero attached hydrogens (tertiary/aromatic N) is 2. The first kappa shape index (κ1) is 8.50. The van der Waals surface area contributed by atoms with Gasteiger partial charge in [0.25, 0.3) is 0 Å². The van der Waals surface area contributed by atoms with Crippen molar-refractivity contribution in [2.75, 3.05) is 0 Å². The van der Waals surface area contributed by atoms with Gasteiger partial charge in [0.1, 0.15) is 5.76 Å². The molecule has 0 bridgehead atoms. The van der Waals surface area contributed by atoms with E-state index in [4.69, 9.17) is 10.2 Å². The molecule has 0 aromatic carbocycles. The zero-order chi connectivity index (χ0) is 9.80. The average Bonchev–Trinajstić information content (AvgIpc) is 2.72. The molecule has 2 rings (SSSR count). The fraction of sp³-hybridized carbons (Fsp3) is 0. The summed E-state index contributed by atoms with van der Waals surface area (Å²) in [5.41, 5.74) is 7.02. The van der Waals surface area contributed by atoms with E-state index in [0.717, 1.165) is 0 Å². The van der Waals surface area contributed by atoms with Crippen molar-refractivity contribution in [3.8, 4) is 0 Å². The van der Waals surface area contributed by atoms with Crippen LogP contribution in [0.15, 0.2) is 41.4 Å². The molecule has 0 fully saturated rings. The zero-order valence-electron chi connectivity index (χ0n) is 7.42. The van der Waals surface area contributed by atoms with Crippen molar-refractivity contribution in [2.24, 2.45) is 5.73 Å². The van der Waals surface area contributed by atoms with Gasteiger partial charge < -0.3 is 10.2 Å². The smallest absolute Gasteiger partial charge is 0.149 e. The van der Waals surface area contributed by atoms with E-state index in [2.05, 4.69) is 9.97 Å². The van der Waals surface area contributed by atoms with Crippen LogP contribution in [0.3, 0.4) is 0 Å². The van der Waals surface area contributed by atoms with Gasteiger partial charge in [-0.25, -0.2) is 0 Å². The fourth-order valence-corrected chi connectivity index (χ4v) is 1.06. The molecule has 4 nitrogen and oxygen atoms in total. The Labute approximate surface area is 81.1 Å². The Balaban J connectivity index is 2.28. The highest BCUT2D eigenvalue weighted by Gasteiger charge is 1.99. The molecular weight excluding hydrogens is 178 g/mol. The molecular formula is C10H9N3O. The Hall–Kier alpha value is -2.10. The quantitative estimate of drug-likeness (QED) is 0.774. The van der Waals surface area contributed by atoms with E-state index in [1.807, 2.05) is 0 Å². The number of rotatable bonds is 2. The third-order valence-electron chi connectivity index (χ3n) is 1.69. The van der Waals surface area contributed by atoms with E-state index in [-0.39, 0.29) is 0 Å². The van der Waals surface area contributed by atoms with Crippen LogP contribution in [0.25, 0.3) is 11.8 Å². The summed E-state index contributed by atoms with van der Waals surface area (Å²) >= 11 is 0. The summed E-state index contributed by atoms with van der Waals surface area (Å²) in [5.74, 6) is 0.635. The maximum atomic E-state index is 5.77. The van der Waals surface area contributed by atoms with Gasteiger partial charge >= 0.3 is 0 Å². The van der Waals surface area contributed by atoms with Gasteiger partial charge in [-0.3, -0.25) is 9.97 Å². The van der Waals surface area contributed by atoms with Crippen LogP contribution in [0.2, 0.25) is 0 Å². The maximum absolute atomic E-state index is 5.77. The Kier molecular flexibility index (Phi) is 2.27. The van der Waals surface area contributed by atoms with Crippen LogP contribution in [-0.4, -0.2) is 9.97 Å². The normalized spacial score (nSPS) is 11.6. The first-order chi connectivity index (χ1) is 6.86. The Bertz CT molecular complexity index is 420. The lowest BCUT2D eigenvalue weighted by molar-refractivity contribution is 0.552. The van der Waals surface area contributed by atoms with Gasteiger partial charge in [0.2, 0.25) is 0 Å². The van der Waals surface area contributed by atoms with E-state index < -0.39 is 0 Å². The Morgan fingerprint density at radius 1 is 1.43 bits per heavy atom. The highest BCUT2D eigenvalue weighted by Crippen LogP contribution is 2.11. The molecule has 2 heterocycles. The second-order valence-electron chi connectivity index (χ2n) is 2.71. The highest BCUT2D eigenvalue weighted by molar-refractivity contribution is 5.75. The molecule has 14 heavy (non-hydrogen) atoms. The minimum atomic E-state index is 0.538. The lowest BCUT2D eigenvalue weighted by atomic mass is 10.3. The van der Waals surface area contributed by atoms with Crippen molar-refractivity contribution < 1.29 is 4.42 Å². The van der Waals surface area contributed by atoms with E-state index in [0.29, 0.717) is 17.2 Å². The molecule has 0 unspecified atom stereocenters. The molecule has 0 aliphatic heterocycles. The molecule has 2 aromatic rings. The summed E-state index contributed by atoms with van der Waals surface area (Å²) in [6, 6.07) is 3.58. The van der Waals surface area contributed by atoms with Crippen molar-refractivity contribution in [1.82, 2.24) is 9.97 Å². The SMILES string of the molecule is N/C(=C/c1cnccn1)c1ccco1.